The van der Waals surface area contributed by atoms with Gasteiger partial charge in [0, 0.05) is 13.0 Å². The lowest BCUT2D eigenvalue weighted by molar-refractivity contribution is -0.870. The van der Waals surface area contributed by atoms with Crippen molar-refractivity contribution >= 4 is 13.8 Å². The van der Waals surface area contributed by atoms with Crippen molar-refractivity contribution in [3.8, 4) is 0 Å². The van der Waals surface area contributed by atoms with E-state index < -0.39 is 13.9 Å². The van der Waals surface area contributed by atoms with Crippen molar-refractivity contribution in [3.63, 3.8) is 0 Å². The van der Waals surface area contributed by atoms with Crippen LogP contribution in [-0.4, -0.2) is 75.6 Å². The second kappa shape index (κ2) is 34.5. The van der Waals surface area contributed by atoms with Crippen LogP contribution in [0, 0.1) is 0 Å². The van der Waals surface area contributed by atoms with Crippen LogP contribution in [-0.2, 0) is 27.9 Å². The number of phosphoric ester groups is 1. The van der Waals surface area contributed by atoms with E-state index in [0.29, 0.717) is 24.1 Å². The van der Waals surface area contributed by atoms with Crippen molar-refractivity contribution in [2.24, 2.45) is 0 Å². The highest BCUT2D eigenvalue weighted by atomic mass is 31.2. The van der Waals surface area contributed by atoms with Crippen molar-refractivity contribution in [3.05, 3.63) is 48.6 Å². The summed E-state index contributed by atoms with van der Waals surface area (Å²) < 4.78 is 34.3. The van der Waals surface area contributed by atoms with Crippen LogP contribution in [0.2, 0.25) is 0 Å². The van der Waals surface area contributed by atoms with Crippen LogP contribution in [0.25, 0.3) is 0 Å². The molecule has 0 saturated heterocycles. The second-order valence-corrected chi connectivity index (χ2v) is 15.7. The number of quaternary nitrogens is 1. The molecule has 0 radical (unpaired) electrons. The molecule has 9 heteroatoms. The van der Waals surface area contributed by atoms with Crippen molar-refractivity contribution in [2.45, 2.75) is 155 Å². The molecule has 0 aromatic rings. The summed E-state index contributed by atoms with van der Waals surface area (Å²) in [5.74, 6) is -0.351. The Labute approximate surface area is 308 Å². The van der Waals surface area contributed by atoms with Gasteiger partial charge >= 0.3 is 13.8 Å². The Morgan fingerprint density at radius 1 is 0.640 bits per heavy atom. The Balaban J connectivity index is 3.78. The summed E-state index contributed by atoms with van der Waals surface area (Å²) in [6.45, 7) is 5.25. The first-order valence-electron chi connectivity index (χ1n) is 19.9. The fourth-order valence-electron chi connectivity index (χ4n) is 5.05. The topological polar surface area (TPSA) is 91.3 Å². The van der Waals surface area contributed by atoms with E-state index in [1.165, 1.54) is 77.0 Å². The normalized spacial score (nSPS) is 14.4. The molecular formula is C41H77NO7P+. The average Bonchev–Trinajstić information content (AvgIpc) is 3.06. The van der Waals surface area contributed by atoms with E-state index in [4.69, 9.17) is 18.5 Å². The van der Waals surface area contributed by atoms with Crippen molar-refractivity contribution < 1.29 is 37.3 Å². The van der Waals surface area contributed by atoms with Crippen LogP contribution in [0.15, 0.2) is 48.6 Å². The van der Waals surface area contributed by atoms with E-state index in [1.54, 1.807) is 0 Å². The van der Waals surface area contributed by atoms with Gasteiger partial charge in [0.2, 0.25) is 0 Å². The molecule has 0 aromatic heterocycles. The molecule has 1 N–H and O–H groups in total. The Morgan fingerprint density at radius 3 is 1.66 bits per heavy atom. The van der Waals surface area contributed by atoms with Gasteiger partial charge in [-0.25, -0.2) is 4.57 Å². The summed E-state index contributed by atoms with van der Waals surface area (Å²) in [4.78, 5) is 22.2. The van der Waals surface area contributed by atoms with Gasteiger partial charge < -0.3 is 18.9 Å². The number of esters is 1. The largest absolute Gasteiger partial charge is 0.472 e. The Hall–Kier alpha value is -1.54. The maximum absolute atomic E-state index is 12.3. The molecule has 50 heavy (non-hydrogen) atoms. The number of carbonyl (C=O) groups is 1. The first-order valence-corrected chi connectivity index (χ1v) is 21.4. The lowest BCUT2D eigenvalue weighted by Crippen LogP contribution is -2.37. The smallest absolute Gasteiger partial charge is 0.457 e. The van der Waals surface area contributed by atoms with Gasteiger partial charge in [-0.2, -0.15) is 0 Å². The van der Waals surface area contributed by atoms with Crippen LogP contribution >= 0.6 is 7.82 Å². The van der Waals surface area contributed by atoms with E-state index in [-0.39, 0.29) is 25.8 Å². The first kappa shape index (κ1) is 48.5. The van der Waals surface area contributed by atoms with Gasteiger partial charge in [-0.15, -0.1) is 0 Å². The number of nitrogens with zero attached hydrogens (tertiary/aromatic N) is 1. The first-order chi connectivity index (χ1) is 24.1. The van der Waals surface area contributed by atoms with Crippen LogP contribution in [0.1, 0.15) is 149 Å². The lowest BCUT2D eigenvalue weighted by Gasteiger charge is -2.24. The van der Waals surface area contributed by atoms with Gasteiger partial charge in [-0.05, 0) is 51.4 Å². The highest BCUT2D eigenvalue weighted by Gasteiger charge is 2.26. The number of phosphoric acid groups is 1. The van der Waals surface area contributed by atoms with E-state index >= 15 is 0 Å². The highest BCUT2D eigenvalue weighted by molar-refractivity contribution is 7.47. The standard InChI is InChI=1S/C41H76NO7P/c1-6-8-10-11-12-13-14-15-16-17-18-19-20-21-22-23-24-25-26-27-28-29-30-31-32-33-36-46-38-40(49-41(43)34-9-7-2)39-48-50(44,45)47-37-35-42(3,4)5/h8,10,12-13,15-16,18-19,40H,6-7,9,11,14,17,20-39H2,1-5H3/p+1/b10-8-,13-12-,16-15-,19-18-. The number of allylic oxidation sites excluding steroid dienone is 8. The molecule has 0 aliphatic carbocycles. The van der Waals surface area contributed by atoms with Crippen LogP contribution in [0.4, 0.5) is 0 Å². The Bertz CT molecular complexity index is 942. The van der Waals surface area contributed by atoms with E-state index in [1.807, 2.05) is 28.1 Å². The van der Waals surface area contributed by atoms with Gasteiger partial charge in [-0.3, -0.25) is 13.8 Å². The molecule has 0 aromatic carbocycles. The molecule has 0 rings (SSSR count). The number of hydrogen-bond acceptors (Lipinski definition) is 6. The molecule has 0 fully saturated rings. The summed E-state index contributed by atoms with van der Waals surface area (Å²) >= 11 is 0. The predicted octanol–water partition coefficient (Wildman–Crippen LogP) is 11.2. The molecule has 0 aliphatic rings. The molecular weight excluding hydrogens is 649 g/mol. The third kappa shape index (κ3) is 37.7. The highest BCUT2D eigenvalue weighted by Crippen LogP contribution is 2.43. The lowest BCUT2D eigenvalue weighted by atomic mass is 10.0. The number of carbonyl (C=O) groups excluding carboxylic acids is 1. The van der Waals surface area contributed by atoms with Crippen LogP contribution in [0.5, 0.6) is 0 Å². The zero-order valence-electron chi connectivity index (χ0n) is 32.9. The Morgan fingerprint density at radius 2 is 1.14 bits per heavy atom. The zero-order valence-corrected chi connectivity index (χ0v) is 33.8. The molecule has 0 saturated carbocycles. The quantitative estimate of drug-likeness (QED) is 0.0226. The summed E-state index contributed by atoms with van der Waals surface area (Å²) in [7, 11) is 1.66. The number of hydrogen-bond donors (Lipinski definition) is 1. The molecule has 2 atom stereocenters. The van der Waals surface area contributed by atoms with Crippen molar-refractivity contribution in [2.75, 3.05) is 54.1 Å². The van der Waals surface area contributed by atoms with Gasteiger partial charge in [-0.1, -0.05) is 140 Å². The average molecular weight is 727 g/mol. The molecule has 0 aliphatic heterocycles. The van der Waals surface area contributed by atoms with Crippen molar-refractivity contribution in [1.29, 1.82) is 0 Å². The van der Waals surface area contributed by atoms with Gasteiger partial charge in [0.15, 0.2) is 0 Å². The maximum atomic E-state index is 12.3. The maximum Gasteiger partial charge on any atom is 0.472 e. The third-order valence-corrected chi connectivity index (χ3v) is 9.14. The fourth-order valence-corrected chi connectivity index (χ4v) is 5.79. The van der Waals surface area contributed by atoms with E-state index in [9.17, 15) is 14.3 Å². The predicted molar refractivity (Wildman–Crippen MR) is 210 cm³/mol. The molecule has 8 nitrogen and oxygen atoms in total. The summed E-state index contributed by atoms with van der Waals surface area (Å²) in [5, 5.41) is 0. The SMILES string of the molecule is CC/C=C\C/C=C\C/C=C\C/C=C\CCCCCCCCCCCCCCCOCC(COP(=O)(O)OCC[N+](C)(C)C)OC(=O)CCCC. The molecule has 292 valence electrons. The van der Waals surface area contributed by atoms with E-state index in [2.05, 4.69) is 55.5 Å². The van der Waals surface area contributed by atoms with Crippen LogP contribution < -0.4 is 0 Å². The zero-order chi connectivity index (χ0) is 37.0. The number of ether oxygens (including phenoxy) is 2. The third-order valence-electron chi connectivity index (χ3n) is 8.15. The monoisotopic (exact) mass is 727 g/mol. The minimum Gasteiger partial charge on any atom is -0.457 e. The van der Waals surface area contributed by atoms with Gasteiger partial charge in [0.25, 0.3) is 0 Å². The summed E-state index contributed by atoms with van der Waals surface area (Å²) in [6, 6.07) is 0. The molecule has 0 amide bonds. The molecule has 0 heterocycles. The number of unbranched alkanes of at least 4 members (excludes halogenated alkanes) is 14. The van der Waals surface area contributed by atoms with Gasteiger partial charge in [0.05, 0.1) is 34.4 Å². The number of likely N-dealkylation sites (N-methyl/N-ethyl adjacent to an activating group) is 1. The molecule has 0 bridgehead atoms. The summed E-state index contributed by atoms with van der Waals surface area (Å²) in [6.07, 6.45) is 41.2. The Kier molecular flexibility index (Phi) is 33.5. The van der Waals surface area contributed by atoms with Crippen molar-refractivity contribution in [1.82, 2.24) is 0 Å². The number of rotatable bonds is 36. The van der Waals surface area contributed by atoms with Gasteiger partial charge in [0.1, 0.15) is 19.3 Å². The van der Waals surface area contributed by atoms with Crippen LogP contribution in [0.3, 0.4) is 0 Å². The minimum absolute atomic E-state index is 0.0867. The molecule has 2 unspecified atom stereocenters. The van der Waals surface area contributed by atoms with E-state index in [0.717, 1.165) is 51.4 Å². The minimum atomic E-state index is -4.25. The fraction of sp³-hybridized carbons (Fsp3) is 0.780. The molecule has 0 spiro atoms. The summed E-state index contributed by atoms with van der Waals surface area (Å²) in [5.41, 5.74) is 0. The second-order valence-electron chi connectivity index (χ2n) is 14.3.